The van der Waals surface area contributed by atoms with Crippen LogP contribution in [0.4, 0.5) is 0 Å². The number of rotatable bonds is 5. The van der Waals surface area contributed by atoms with Crippen molar-refractivity contribution >= 4 is 27.5 Å². The first-order chi connectivity index (χ1) is 11.2. The van der Waals surface area contributed by atoms with Crippen molar-refractivity contribution < 1.29 is 4.74 Å². The van der Waals surface area contributed by atoms with Crippen LogP contribution in [0.25, 0.3) is 11.3 Å². The SMILES string of the molecule is COc1ccc(Cn2nc(CBr)cc2-c2ccc(Cl)cc2)cc1. The van der Waals surface area contributed by atoms with Gasteiger partial charge in [0.05, 0.1) is 25.0 Å². The Morgan fingerprint density at radius 3 is 2.39 bits per heavy atom. The minimum atomic E-state index is 0.703. The molecule has 1 heterocycles. The quantitative estimate of drug-likeness (QED) is 0.562. The molecule has 118 valence electrons. The van der Waals surface area contributed by atoms with Gasteiger partial charge in [-0.3, -0.25) is 4.68 Å². The second-order valence-electron chi connectivity index (χ2n) is 5.17. The minimum absolute atomic E-state index is 0.703. The highest BCUT2D eigenvalue weighted by molar-refractivity contribution is 9.08. The van der Waals surface area contributed by atoms with Crippen LogP contribution < -0.4 is 4.74 Å². The Balaban J connectivity index is 1.94. The lowest BCUT2D eigenvalue weighted by atomic mass is 10.1. The van der Waals surface area contributed by atoms with E-state index in [-0.39, 0.29) is 0 Å². The van der Waals surface area contributed by atoms with E-state index in [0.717, 1.165) is 33.1 Å². The molecular formula is C18H16BrClN2O. The number of hydrogen-bond donors (Lipinski definition) is 0. The molecule has 3 rings (SSSR count). The summed E-state index contributed by atoms with van der Waals surface area (Å²) < 4.78 is 7.22. The summed E-state index contributed by atoms with van der Waals surface area (Å²) in [5.74, 6) is 0.855. The molecule has 0 spiro atoms. The number of alkyl halides is 1. The molecule has 0 unspecified atom stereocenters. The van der Waals surface area contributed by atoms with Gasteiger partial charge in [-0.2, -0.15) is 5.10 Å². The number of hydrogen-bond acceptors (Lipinski definition) is 2. The molecule has 23 heavy (non-hydrogen) atoms. The van der Waals surface area contributed by atoms with Crippen LogP contribution in [0.15, 0.2) is 54.6 Å². The smallest absolute Gasteiger partial charge is 0.118 e. The average Bonchev–Trinajstić information content (AvgIpc) is 2.99. The van der Waals surface area contributed by atoms with Gasteiger partial charge in [-0.15, -0.1) is 0 Å². The molecule has 0 aliphatic heterocycles. The molecule has 0 aliphatic carbocycles. The fourth-order valence-corrected chi connectivity index (χ4v) is 2.81. The lowest BCUT2D eigenvalue weighted by molar-refractivity contribution is 0.414. The zero-order chi connectivity index (χ0) is 16.2. The summed E-state index contributed by atoms with van der Waals surface area (Å²) in [6, 6.07) is 18.0. The molecule has 3 aromatic rings. The fraction of sp³-hybridized carbons (Fsp3) is 0.167. The van der Waals surface area contributed by atoms with Crippen LogP contribution in [0.2, 0.25) is 5.02 Å². The van der Waals surface area contributed by atoms with E-state index < -0.39 is 0 Å². The number of halogens is 2. The molecule has 0 N–H and O–H groups in total. The molecule has 2 aromatic carbocycles. The summed E-state index contributed by atoms with van der Waals surface area (Å²) in [5.41, 5.74) is 4.35. The van der Waals surface area contributed by atoms with Crippen molar-refractivity contribution in [2.24, 2.45) is 0 Å². The van der Waals surface area contributed by atoms with E-state index in [4.69, 9.17) is 16.3 Å². The molecule has 1 aromatic heterocycles. The van der Waals surface area contributed by atoms with Gasteiger partial charge in [-0.05, 0) is 41.5 Å². The Bertz CT molecular complexity index is 782. The highest BCUT2D eigenvalue weighted by atomic mass is 79.9. The number of nitrogens with zero attached hydrogens (tertiary/aromatic N) is 2. The van der Waals surface area contributed by atoms with Crippen molar-refractivity contribution in [3.8, 4) is 17.0 Å². The third-order valence-electron chi connectivity index (χ3n) is 3.60. The van der Waals surface area contributed by atoms with Gasteiger partial charge in [0.25, 0.3) is 0 Å². The van der Waals surface area contributed by atoms with Crippen LogP contribution in [0.1, 0.15) is 11.3 Å². The Morgan fingerprint density at radius 1 is 1.09 bits per heavy atom. The van der Waals surface area contributed by atoms with Gasteiger partial charge in [0.2, 0.25) is 0 Å². The monoisotopic (exact) mass is 390 g/mol. The predicted octanol–water partition coefficient (Wildman–Crippen LogP) is 5.16. The molecule has 3 nitrogen and oxygen atoms in total. The van der Waals surface area contributed by atoms with E-state index in [1.165, 1.54) is 5.56 Å². The Kier molecular flexibility index (Phi) is 5.03. The summed E-state index contributed by atoms with van der Waals surface area (Å²) in [6.45, 7) is 0.703. The maximum absolute atomic E-state index is 5.99. The lowest BCUT2D eigenvalue weighted by Crippen LogP contribution is -2.04. The van der Waals surface area contributed by atoms with Crippen molar-refractivity contribution in [1.29, 1.82) is 0 Å². The maximum Gasteiger partial charge on any atom is 0.118 e. The topological polar surface area (TPSA) is 27.1 Å². The average molecular weight is 392 g/mol. The van der Waals surface area contributed by atoms with Gasteiger partial charge < -0.3 is 4.74 Å². The van der Waals surface area contributed by atoms with Gasteiger partial charge in [0.1, 0.15) is 5.75 Å². The molecule has 0 bridgehead atoms. The maximum atomic E-state index is 5.99. The van der Waals surface area contributed by atoms with Gasteiger partial charge in [-0.1, -0.05) is 51.8 Å². The predicted molar refractivity (Wildman–Crippen MR) is 97.4 cm³/mol. The summed E-state index contributed by atoms with van der Waals surface area (Å²) in [5, 5.41) is 6.13. The summed E-state index contributed by atoms with van der Waals surface area (Å²) in [7, 11) is 1.67. The molecule has 0 saturated heterocycles. The first-order valence-electron chi connectivity index (χ1n) is 7.21. The van der Waals surface area contributed by atoms with Crippen LogP contribution in [-0.2, 0) is 11.9 Å². The molecule has 0 radical (unpaired) electrons. The van der Waals surface area contributed by atoms with E-state index >= 15 is 0 Å². The van der Waals surface area contributed by atoms with Gasteiger partial charge >= 0.3 is 0 Å². The first kappa shape index (κ1) is 16.1. The highest BCUT2D eigenvalue weighted by Gasteiger charge is 2.10. The molecular weight excluding hydrogens is 376 g/mol. The van der Waals surface area contributed by atoms with Crippen molar-refractivity contribution in [3.05, 3.63) is 70.9 Å². The second-order valence-corrected chi connectivity index (χ2v) is 6.16. The lowest BCUT2D eigenvalue weighted by Gasteiger charge is -2.09. The summed E-state index contributed by atoms with van der Waals surface area (Å²) in [4.78, 5) is 0. The van der Waals surface area contributed by atoms with E-state index in [1.807, 2.05) is 41.1 Å². The van der Waals surface area contributed by atoms with E-state index in [2.05, 4.69) is 39.2 Å². The van der Waals surface area contributed by atoms with Crippen molar-refractivity contribution in [2.75, 3.05) is 7.11 Å². The molecule has 5 heteroatoms. The largest absolute Gasteiger partial charge is 0.497 e. The molecule has 0 atom stereocenters. The van der Waals surface area contributed by atoms with E-state index in [1.54, 1.807) is 7.11 Å². The van der Waals surface area contributed by atoms with E-state index in [9.17, 15) is 0 Å². The molecule has 0 aliphatic rings. The van der Waals surface area contributed by atoms with Gasteiger partial charge in [0, 0.05) is 10.4 Å². The number of ether oxygens (including phenoxy) is 1. The van der Waals surface area contributed by atoms with Gasteiger partial charge in [0.15, 0.2) is 0 Å². The summed E-state index contributed by atoms with van der Waals surface area (Å²) in [6.07, 6.45) is 0. The zero-order valence-corrected chi connectivity index (χ0v) is 15.0. The normalized spacial score (nSPS) is 10.7. The third kappa shape index (κ3) is 3.77. The fourth-order valence-electron chi connectivity index (χ4n) is 2.41. The first-order valence-corrected chi connectivity index (χ1v) is 8.71. The number of methoxy groups -OCH3 is 1. The molecule has 0 fully saturated rings. The van der Waals surface area contributed by atoms with Crippen LogP contribution in [-0.4, -0.2) is 16.9 Å². The summed E-state index contributed by atoms with van der Waals surface area (Å²) >= 11 is 9.47. The van der Waals surface area contributed by atoms with Crippen LogP contribution in [0.5, 0.6) is 5.75 Å². The van der Waals surface area contributed by atoms with Crippen molar-refractivity contribution in [2.45, 2.75) is 11.9 Å². The standard InChI is InChI=1S/C18H16BrClN2O/c1-23-17-8-2-13(3-9-17)12-22-18(10-16(11-19)21-22)14-4-6-15(20)7-5-14/h2-10H,11-12H2,1H3. The van der Waals surface area contributed by atoms with Crippen LogP contribution in [0.3, 0.4) is 0 Å². The molecule has 0 saturated carbocycles. The Labute approximate surface area is 149 Å². The highest BCUT2D eigenvalue weighted by Crippen LogP contribution is 2.24. The third-order valence-corrected chi connectivity index (χ3v) is 4.43. The van der Waals surface area contributed by atoms with Crippen molar-refractivity contribution in [1.82, 2.24) is 9.78 Å². The second kappa shape index (κ2) is 7.20. The van der Waals surface area contributed by atoms with Crippen molar-refractivity contribution in [3.63, 3.8) is 0 Å². The zero-order valence-electron chi connectivity index (χ0n) is 12.7. The number of benzene rings is 2. The Morgan fingerprint density at radius 2 is 1.78 bits per heavy atom. The van der Waals surface area contributed by atoms with Gasteiger partial charge in [-0.25, -0.2) is 0 Å². The number of aromatic nitrogens is 2. The Hall–Kier alpha value is -1.78. The van der Waals surface area contributed by atoms with Crippen LogP contribution in [0, 0.1) is 0 Å². The molecule has 0 amide bonds. The van der Waals surface area contributed by atoms with E-state index in [0.29, 0.717) is 6.54 Å². The van der Waals surface area contributed by atoms with Crippen LogP contribution >= 0.6 is 27.5 Å². The minimum Gasteiger partial charge on any atom is -0.497 e.